The number of aliphatic imine (C=N–C) groups is 2. The Hall–Kier alpha value is -1.12. The van der Waals surface area contributed by atoms with Crippen molar-refractivity contribution < 1.29 is 0 Å². The molecule has 0 radical (unpaired) electrons. The highest BCUT2D eigenvalue weighted by Gasteiger charge is 1.63. The van der Waals surface area contributed by atoms with E-state index in [4.69, 9.17) is 0 Å². The number of nitrogens with one attached hydrogen (secondary N) is 1. The van der Waals surface area contributed by atoms with E-state index < -0.39 is 0 Å². The summed E-state index contributed by atoms with van der Waals surface area (Å²) in [5.74, 6) is 0. The molecule has 56 valence electrons. The minimum Gasteiger partial charge on any atom is -0.353 e. The third kappa shape index (κ3) is 6.88. The molecular formula is C7H13N3. The van der Waals surface area contributed by atoms with Crippen molar-refractivity contribution in [2.24, 2.45) is 9.98 Å². The average molecular weight is 139 g/mol. The second kappa shape index (κ2) is 7.88. The van der Waals surface area contributed by atoms with E-state index in [1.807, 2.05) is 19.9 Å². The molecule has 0 saturated heterocycles. The Morgan fingerprint density at radius 1 is 1.50 bits per heavy atom. The maximum absolute atomic E-state index is 3.88. The zero-order chi connectivity index (χ0) is 7.66. The summed E-state index contributed by atoms with van der Waals surface area (Å²) in [5.41, 5.74) is 0. The fourth-order valence-corrected chi connectivity index (χ4v) is 0.344. The lowest BCUT2D eigenvalue weighted by molar-refractivity contribution is 1.13. The Balaban J connectivity index is 3.28. The second-order valence-corrected chi connectivity index (χ2v) is 1.56. The number of nitrogens with zero attached hydrogens (tertiary/aromatic N) is 2. The number of allylic oxidation sites excluding steroid dienone is 1. The van der Waals surface area contributed by atoms with Gasteiger partial charge < -0.3 is 5.32 Å². The van der Waals surface area contributed by atoms with E-state index in [0.29, 0.717) is 0 Å². The van der Waals surface area contributed by atoms with Gasteiger partial charge in [-0.15, -0.1) is 0 Å². The lowest BCUT2D eigenvalue weighted by Crippen LogP contribution is -1.99. The van der Waals surface area contributed by atoms with Crippen molar-refractivity contribution >= 4 is 12.7 Å². The molecule has 3 heteroatoms. The van der Waals surface area contributed by atoms with Gasteiger partial charge in [0.25, 0.3) is 0 Å². The van der Waals surface area contributed by atoms with Crippen LogP contribution in [0.1, 0.15) is 13.8 Å². The molecule has 0 spiro atoms. The van der Waals surface area contributed by atoms with Crippen LogP contribution in [-0.2, 0) is 0 Å². The molecular weight excluding hydrogens is 126 g/mol. The fourth-order valence-electron chi connectivity index (χ4n) is 0.344. The summed E-state index contributed by atoms with van der Waals surface area (Å²) in [6.45, 7) is 4.67. The van der Waals surface area contributed by atoms with Crippen molar-refractivity contribution in [3.63, 3.8) is 0 Å². The van der Waals surface area contributed by atoms with Gasteiger partial charge in [-0.2, -0.15) is 0 Å². The Labute approximate surface area is 61.6 Å². The van der Waals surface area contributed by atoms with E-state index in [-0.39, 0.29) is 0 Å². The summed E-state index contributed by atoms with van der Waals surface area (Å²) in [7, 11) is 0. The van der Waals surface area contributed by atoms with Crippen molar-refractivity contribution in [1.29, 1.82) is 0 Å². The first kappa shape index (κ1) is 8.88. The van der Waals surface area contributed by atoms with E-state index in [1.165, 1.54) is 6.34 Å². The Kier molecular flexibility index (Phi) is 7.00. The van der Waals surface area contributed by atoms with Gasteiger partial charge in [-0.3, -0.25) is 4.99 Å². The molecule has 1 N–H and O–H groups in total. The highest BCUT2D eigenvalue weighted by molar-refractivity contribution is 5.71. The Morgan fingerprint density at radius 3 is 2.90 bits per heavy atom. The van der Waals surface area contributed by atoms with Crippen LogP contribution in [0.5, 0.6) is 0 Å². The summed E-state index contributed by atoms with van der Waals surface area (Å²) in [6.07, 6.45) is 6.79. The molecule has 0 aromatic heterocycles. The fraction of sp³-hybridized carbons (Fsp3) is 0.429. The third-order valence-corrected chi connectivity index (χ3v) is 0.743. The van der Waals surface area contributed by atoms with Gasteiger partial charge in [0.2, 0.25) is 0 Å². The lowest BCUT2D eigenvalue weighted by Gasteiger charge is -1.82. The van der Waals surface area contributed by atoms with E-state index in [0.717, 1.165) is 6.54 Å². The van der Waals surface area contributed by atoms with Gasteiger partial charge in [0, 0.05) is 6.54 Å². The van der Waals surface area contributed by atoms with Crippen LogP contribution in [0.3, 0.4) is 0 Å². The first-order chi connectivity index (χ1) is 4.91. The molecule has 0 fully saturated rings. The zero-order valence-electron chi connectivity index (χ0n) is 6.41. The molecule has 0 aromatic rings. The lowest BCUT2D eigenvalue weighted by atomic mass is 10.7. The normalized spacial score (nSPS) is 12.2. The molecule has 0 aliphatic heterocycles. The Morgan fingerprint density at radius 2 is 2.30 bits per heavy atom. The molecule has 0 aromatic carbocycles. The van der Waals surface area contributed by atoms with Crippen LogP contribution in [0, 0.1) is 0 Å². The van der Waals surface area contributed by atoms with Crippen LogP contribution in [-0.4, -0.2) is 19.2 Å². The largest absolute Gasteiger partial charge is 0.353 e. The van der Waals surface area contributed by atoms with Crippen LogP contribution in [0.25, 0.3) is 0 Å². The standard InChI is InChI=1S/C7H13N3/c1-3-5-9-7-10-6-8-4-2/h3,5-7H,4H2,1-2H3,(H,8,9,10)/b5-3+. The SMILES string of the molecule is C/C=C/NC=NC=NCC. The summed E-state index contributed by atoms with van der Waals surface area (Å²) in [4.78, 5) is 7.70. The second-order valence-electron chi connectivity index (χ2n) is 1.56. The molecule has 0 amide bonds. The number of rotatable bonds is 4. The highest BCUT2D eigenvalue weighted by Crippen LogP contribution is 1.63. The number of hydrogen-bond donors (Lipinski definition) is 1. The molecule has 0 saturated carbocycles. The van der Waals surface area contributed by atoms with Gasteiger partial charge in [0.1, 0.15) is 6.34 Å². The molecule has 0 heterocycles. The van der Waals surface area contributed by atoms with Crippen molar-refractivity contribution in [2.45, 2.75) is 13.8 Å². The van der Waals surface area contributed by atoms with Crippen LogP contribution < -0.4 is 5.32 Å². The first-order valence-electron chi connectivity index (χ1n) is 3.29. The monoisotopic (exact) mass is 139 g/mol. The summed E-state index contributed by atoms with van der Waals surface area (Å²) in [6, 6.07) is 0. The first-order valence-corrected chi connectivity index (χ1v) is 3.29. The van der Waals surface area contributed by atoms with Crippen LogP contribution in [0.2, 0.25) is 0 Å². The highest BCUT2D eigenvalue weighted by atomic mass is 14.9. The summed E-state index contributed by atoms with van der Waals surface area (Å²) in [5, 5.41) is 2.83. The third-order valence-electron chi connectivity index (χ3n) is 0.743. The van der Waals surface area contributed by atoms with Gasteiger partial charge >= 0.3 is 0 Å². The van der Waals surface area contributed by atoms with Crippen molar-refractivity contribution in [1.82, 2.24) is 5.32 Å². The summed E-state index contributed by atoms with van der Waals surface area (Å²) >= 11 is 0. The number of hydrogen-bond acceptors (Lipinski definition) is 1. The van der Waals surface area contributed by atoms with E-state index >= 15 is 0 Å². The molecule has 0 aliphatic carbocycles. The molecule has 3 nitrogen and oxygen atoms in total. The van der Waals surface area contributed by atoms with E-state index in [9.17, 15) is 0 Å². The van der Waals surface area contributed by atoms with Crippen molar-refractivity contribution in [2.75, 3.05) is 6.54 Å². The molecule has 0 rings (SSSR count). The van der Waals surface area contributed by atoms with E-state index in [2.05, 4.69) is 15.3 Å². The maximum Gasteiger partial charge on any atom is 0.111 e. The molecule has 0 aliphatic rings. The topological polar surface area (TPSA) is 36.8 Å². The van der Waals surface area contributed by atoms with Crippen LogP contribution >= 0.6 is 0 Å². The van der Waals surface area contributed by atoms with Crippen LogP contribution in [0.15, 0.2) is 22.3 Å². The molecule has 0 unspecified atom stereocenters. The van der Waals surface area contributed by atoms with Crippen molar-refractivity contribution in [3.8, 4) is 0 Å². The maximum atomic E-state index is 3.88. The predicted molar refractivity (Wildman–Crippen MR) is 45.5 cm³/mol. The molecule has 0 bridgehead atoms. The van der Waals surface area contributed by atoms with Crippen molar-refractivity contribution in [3.05, 3.63) is 12.3 Å². The van der Waals surface area contributed by atoms with Gasteiger partial charge in [-0.25, -0.2) is 4.99 Å². The minimum atomic E-state index is 0.779. The smallest absolute Gasteiger partial charge is 0.111 e. The van der Waals surface area contributed by atoms with Crippen LogP contribution in [0.4, 0.5) is 0 Å². The van der Waals surface area contributed by atoms with Gasteiger partial charge in [0.05, 0.1) is 6.34 Å². The predicted octanol–water partition coefficient (Wildman–Crippen LogP) is 1.19. The molecule has 10 heavy (non-hydrogen) atoms. The average Bonchev–Trinajstić information content (AvgIpc) is 1.97. The zero-order valence-corrected chi connectivity index (χ0v) is 6.41. The van der Waals surface area contributed by atoms with Gasteiger partial charge in [-0.05, 0) is 20.0 Å². The molecule has 0 atom stereocenters. The summed E-state index contributed by atoms with van der Waals surface area (Å²) < 4.78 is 0. The van der Waals surface area contributed by atoms with Gasteiger partial charge in [-0.1, -0.05) is 6.08 Å². The van der Waals surface area contributed by atoms with E-state index in [1.54, 1.807) is 12.5 Å². The Bertz CT molecular complexity index is 136. The minimum absolute atomic E-state index is 0.779. The van der Waals surface area contributed by atoms with Gasteiger partial charge in [0.15, 0.2) is 0 Å². The quantitative estimate of drug-likeness (QED) is 0.461.